The fourth-order valence-corrected chi connectivity index (χ4v) is 3.14. The quantitative estimate of drug-likeness (QED) is 0.471. The second-order valence-electron chi connectivity index (χ2n) is 7.18. The molecule has 0 aliphatic heterocycles. The molecule has 0 spiro atoms. The van der Waals surface area contributed by atoms with Gasteiger partial charge < -0.3 is 9.88 Å². The summed E-state index contributed by atoms with van der Waals surface area (Å²) in [4.78, 5) is 38.5. The number of nitrogens with one attached hydrogen (secondary N) is 1. The van der Waals surface area contributed by atoms with Gasteiger partial charge in [0.25, 0.3) is 5.91 Å². The number of carbonyl (C=O) groups is 2. The van der Waals surface area contributed by atoms with E-state index in [1.807, 2.05) is 37.3 Å². The van der Waals surface area contributed by atoms with Gasteiger partial charge in [-0.05, 0) is 6.92 Å². The molecule has 1 N–H and O–H groups in total. The number of rotatable bonds is 7. The Hall–Kier alpha value is -4.13. The van der Waals surface area contributed by atoms with Crippen LogP contribution < -0.4 is 5.32 Å². The average Bonchev–Trinajstić information content (AvgIpc) is 3.32. The van der Waals surface area contributed by atoms with E-state index < -0.39 is 11.9 Å². The Balaban J connectivity index is 1.52. The number of hydrogen-bond acceptors (Lipinski definition) is 5. The lowest BCUT2D eigenvalue weighted by Crippen LogP contribution is -2.43. The van der Waals surface area contributed by atoms with E-state index >= 15 is 0 Å². The summed E-state index contributed by atoms with van der Waals surface area (Å²) in [6.45, 7) is 2.27. The highest BCUT2D eigenvalue weighted by molar-refractivity contribution is 6.04. The third kappa shape index (κ3) is 4.90. The van der Waals surface area contributed by atoms with Gasteiger partial charge in [-0.1, -0.05) is 60.2 Å². The molecule has 0 bridgehead atoms. The number of Topliss-reactive ketones (excluding diaryl/α,β-unsaturated/α-hetero) is 1. The van der Waals surface area contributed by atoms with Crippen molar-refractivity contribution in [2.45, 2.75) is 19.5 Å². The molecule has 7 heteroatoms. The molecule has 31 heavy (non-hydrogen) atoms. The maximum Gasteiger partial charge on any atom is 0.255 e. The summed E-state index contributed by atoms with van der Waals surface area (Å²) < 4.78 is 1.75. The number of aryl methyl sites for hydroxylation is 1. The lowest BCUT2D eigenvalue weighted by molar-refractivity contribution is 0.0847. The first-order chi connectivity index (χ1) is 15.1. The van der Waals surface area contributed by atoms with Crippen molar-refractivity contribution in [1.82, 2.24) is 24.8 Å². The Kier molecular flexibility index (Phi) is 5.93. The van der Waals surface area contributed by atoms with Crippen LogP contribution >= 0.6 is 0 Å². The Morgan fingerprint density at radius 2 is 1.68 bits per heavy atom. The van der Waals surface area contributed by atoms with Crippen molar-refractivity contribution >= 4 is 11.7 Å². The van der Waals surface area contributed by atoms with Gasteiger partial charge in [-0.3, -0.25) is 9.59 Å². The number of imidazole rings is 1. The van der Waals surface area contributed by atoms with Crippen LogP contribution in [-0.4, -0.2) is 37.3 Å². The molecule has 2 heterocycles. The van der Waals surface area contributed by atoms with Crippen LogP contribution in [0.5, 0.6) is 0 Å². The number of hydrogen-bond donors (Lipinski definition) is 1. The molecule has 154 valence electrons. The Morgan fingerprint density at radius 1 is 0.968 bits per heavy atom. The minimum absolute atomic E-state index is 0.181. The first kappa shape index (κ1) is 20.2. The first-order valence-electron chi connectivity index (χ1n) is 9.85. The van der Waals surface area contributed by atoms with Crippen molar-refractivity contribution in [1.29, 1.82) is 0 Å². The van der Waals surface area contributed by atoms with Crippen LogP contribution in [0.25, 0.3) is 11.4 Å². The SMILES string of the molecule is Cc1ccc(-c2ncc(C(=O)NC(Cn3ccnc3)C(=O)c3ccccc3)cn2)cc1. The van der Waals surface area contributed by atoms with Crippen LogP contribution in [-0.2, 0) is 6.54 Å². The molecule has 0 saturated heterocycles. The summed E-state index contributed by atoms with van der Waals surface area (Å²) in [6.07, 6.45) is 7.93. The van der Waals surface area contributed by atoms with Crippen molar-refractivity contribution in [3.8, 4) is 11.4 Å². The van der Waals surface area contributed by atoms with E-state index in [4.69, 9.17) is 0 Å². The Bertz CT molecular complexity index is 1160. The molecular formula is C24H21N5O2. The molecule has 2 aromatic carbocycles. The van der Waals surface area contributed by atoms with Crippen LogP contribution in [0, 0.1) is 6.92 Å². The summed E-state index contributed by atoms with van der Waals surface area (Å²) in [5, 5.41) is 2.82. The van der Waals surface area contributed by atoms with Crippen LogP contribution in [0.3, 0.4) is 0 Å². The van der Waals surface area contributed by atoms with E-state index in [1.54, 1.807) is 47.6 Å². The highest BCUT2D eigenvalue weighted by Crippen LogP contribution is 2.15. The average molecular weight is 411 g/mol. The molecule has 0 radical (unpaired) electrons. The van der Waals surface area contributed by atoms with Crippen LogP contribution in [0.1, 0.15) is 26.3 Å². The molecular weight excluding hydrogens is 390 g/mol. The fourth-order valence-electron chi connectivity index (χ4n) is 3.14. The first-order valence-corrected chi connectivity index (χ1v) is 9.85. The molecule has 1 unspecified atom stereocenters. The molecule has 2 aromatic heterocycles. The standard InChI is InChI=1S/C24H21N5O2/c1-17-7-9-19(10-8-17)23-26-13-20(14-27-23)24(31)28-21(15-29-12-11-25-16-29)22(30)18-5-3-2-4-6-18/h2-14,16,21H,15H2,1H3,(H,28,31). The summed E-state index contributed by atoms with van der Waals surface area (Å²) in [5.74, 6) is -0.0587. The second kappa shape index (κ2) is 9.13. The maximum absolute atomic E-state index is 13.0. The van der Waals surface area contributed by atoms with Gasteiger partial charge >= 0.3 is 0 Å². The summed E-state index contributed by atoms with van der Waals surface area (Å²) in [7, 11) is 0. The second-order valence-corrected chi connectivity index (χ2v) is 7.18. The Labute approximate surface area is 179 Å². The number of aromatic nitrogens is 4. The van der Waals surface area contributed by atoms with E-state index in [2.05, 4.69) is 20.3 Å². The maximum atomic E-state index is 13.0. The van der Waals surface area contributed by atoms with Gasteiger partial charge in [0.05, 0.1) is 18.4 Å². The molecule has 1 amide bonds. The molecule has 1 atom stereocenters. The number of carbonyl (C=O) groups excluding carboxylic acids is 2. The van der Waals surface area contributed by atoms with E-state index in [0.717, 1.165) is 11.1 Å². The van der Waals surface area contributed by atoms with Crippen LogP contribution in [0.4, 0.5) is 0 Å². The lowest BCUT2D eigenvalue weighted by atomic mass is 10.0. The van der Waals surface area contributed by atoms with Crippen molar-refractivity contribution in [3.05, 3.63) is 102 Å². The summed E-state index contributed by atoms with van der Waals surface area (Å²) in [5.41, 5.74) is 2.83. The zero-order valence-electron chi connectivity index (χ0n) is 17.0. The van der Waals surface area contributed by atoms with Gasteiger partial charge in [0.1, 0.15) is 6.04 Å². The normalized spacial score (nSPS) is 11.6. The summed E-state index contributed by atoms with van der Waals surface area (Å²) in [6, 6.07) is 16.0. The molecule has 4 aromatic rings. The number of amides is 1. The highest BCUT2D eigenvalue weighted by atomic mass is 16.2. The largest absolute Gasteiger partial charge is 0.340 e. The third-order valence-corrected chi connectivity index (χ3v) is 4.86. The molecule has 7 nitrogen and oxygen atoms in total. The van der Waals surface area contributed by atoms with Gasteiger partial charge in [0.15, 0.2) is 11.6 Å². The molecule has 0 aliphatic rings. The number of nitrogens with zero attached hydrogens (tertiary/aromatic N) is 4. The predicted octanol–water partition coefficient (Wildman–Crippen LogP) is 3.33. The van der Waals surface area contributed by atoms with Gasteiger partial charge in [-0.2, -0.15) is 0 Å². The van der Waals surface area contributed by atoms with Gasteiger partial charge in [0, 0.05) is 35.9 Å². The minimum atomic E-state index is -0.763. The zero-order chi connectivity index (χ0) is 21.6. The van der Waals surface area contributed by atoms with E-state index in [9.17, 15) is 9.59 Å². The monoisotopic (exact) mass is 411 g/mol. The van der Waals surface area contributed by atoms with E-state index in [0.29, 0.717) is 11.4 Å². The fraction of sp³-hybridized carbons (Fsp3) is 0.125. The van der Waals surface area contributed by atoms with Gasteiger partial charge in [0.2, 0.25) is 0 Å². The smallest absolute Gasteiger partial charge is 0.255 e. The minimum Gasteiger partial charge on any atom is -0.340 e. The predicted molar refractivity (Wildman–Crippen MR) is 116 cm³/mol. The zero-order valence-corrected chi connectivity index (χ0v) is 17.0. The van der Waals surface area contributed by atoms with Crippen molar-refractivity contribution in [3.63, 3.8) is 0 Å². The third-order valence-electron chi connectivity index (χ3n) is 4.86. The number of benzene rings is 2. The lowest BCUT2D eigenvalue weighted by Gasteiger charge is -2.18. The van der Waals surface area contributed by atoms with E-state index in [-0.39, 0.29) is 17.9 Å². The molecule has 0 aliphatic carbocycles. The molecule has 0 saturated carbocycles. The molecule has 0 fully saturated rings. The van der Waals surface area contributed by atoms with Crippen LogP contribution in [0.15, 0.2) is 85.7 Å². The summed E-state index contributed by atoms with van der Waals surface area (Å²) >= 11 is 0. The number of ketones is 1. The van der Waals surface area contributed by atoms with Crippen molar-refractivity contribution in [2.75, 3.05) is 0 Å². The van der Waals surface area contributed by atoms with Gasteiger partial charge in [-0.15, -0.1) is 0 Å². The topological polar surface area (TPSA) is 89.8 Å². The Morgan fingerprint density at radius 3 is 2.32 bits per heavy atom. The van der Waals surface area contributed by atoms with Gasteiger partial charge in [-0.25, -0.2) is 15.0 Å². The van der Waals surface area contributed by atoms with E-state index in [1.165, 1.54) is 12.4 Å². The molecule has 4 rings (SSSR count). The van der Waals surface area contributed by atoms with Crippen LogP contribution in [0.2, 0.25) is 0 Å². The highest BCUT2D eigenvalue weighted by Gasteiger charge is 2.23. The van der Waals surface area contributed by atoms with Crippen molar-refractivity contribution in [2.24, 2.45) is 0 Å². The van der Waals surface area contributed by atoms with Crippen molar-refractivity contribution < 1.29 is 9.59 Å².